The van der Waals surface area contributed by atoms with Crippen LogP contribution in [0.3, 0.4) is 0 Å². The molecule has 11 heteroatoms. The lowest BCUT2D eigenvalue weighted by Crippen LogP contribution is -2.57. The molecular formula is C30H42N4O7. The zero-order chi connectivity index (χ0) is 29.6. The molecule has 1 aromatic rings. The van der Waals surface area contributed by atoms with Crippen LogP contribution >= 0.6 is 0 Å². The summed E-state index contributed by atoms with van der Waals surface area (Å²) in [6.07, 6.45) is 5.49. The Kier molecular flexibility index (Phi) is 10.2. The number of aromatic hydroxyl groups is 1. The molecule has 2 heterocycles. The second-order valence-corrected chi connectivity index (χ2v) is 11.5. The van der Waals surface area contributed by atoms with Gasteiger partial charge >= 0.3 is 0 Å². The fourth-order valence-electron chi connectivity index (χ4n) is 5.19. The molecule has 4 rings (SSSR count). The highest BCUT2D eigenvalue weighted by Crippen LogP contribution is 2.31. The van der Waals surface area contributed by atoms with Crippen molar-refractivity contribution < 1.29 is 33.8 Å². The van der Waals surface area contributed by atoms with Gasteiger partial charge in [0.2, 0.25) is 17.7 Å². The number of ether oxygens (including phenoxy) is 2. The van der Waals surface area contributed by atoms with E-state index in [1.165, 1.54) is 0 Å². The maximum atomic E-state index is 13.7. The van der Waals surface area contributed by atoms with Crippen LogP contribution in [0, 0.1) is 6.92 Å². The first-order valence-corrected chi connectivity index (χ1v) is 14.4. The van der Waals surface area contributed by atoms with Crippen molar-refractivity contribution in [1.29, 1.82) is 0 Å². The maximum Gasteiger partial charge on any atom is 0.243 e. The minimum absolute atomic E-state index is 0.128. The van der Waals surface area contributed by atoms with Crippen molar-refractivity contribution in [3.05, 3.63) is 41.0 Å². The molecule has 0 spiro atoms. The Balaban J connectivity index is 1.45. The zero-order valence-corrected chi connectivity index (χ0v) is 24.2. The van der Waals surface area contributed by atoms with Crippen molar-refractivity contribution in [1.82, 2.24) is 20.9 Å². The second-order valence-electron chi connectivity index (χ2n) is 11.5. The molecule has 1 aromatic carbocycles. The van der Waals surface area contributed by atoms with Gasteiger partial charge in [0.05, 0.1) is 32.4 Å². The number of ketones is 1. The van der Waals surface area contributed by atoms with E-state index >= 15 is 0 Å². The molecule has 2 saturated heterocycles. The second kappa shape index (κ2) is 13.6. The highest BCUT2D eigenvalue weighted by atomic mass is 16.6. The Labute approximate surface area is 241 Å². The number of phenolic OH excluding ortho intramolecular Hbond substituents is 1. The van der Waals surface area contributed by atoms with Crippen LogP contribution in [0.2, 0.25) is 0 Å². The monoisotopic (exact) mass is 570 g/mol. The van der Waals surface area contributed by atoms with Gasteiger partial charge in [-0.1, -0.05) is 23.8 Å². The molecule has 4 N–H and O–H groups in total. The van der Waals surface area contributed by atoms with Crippen molar-refractivity contribution in [2.24, 2.45) is 0 Å². The molecule has 4 unspecified atom stereocenters. The number of hydrogen-bond acceptors (Lipinski definition) is 8. The molecule has 3 amide bonds. The Morgan fingerprint density at radius 3 is 2.39 bits per heavy atom. The lowest BCUT2D eigenvalue weighted by molar-refractivity contribution is -0.134. The van der Waals surface area contributed by atoms with Gasteiger partial charge in [-0.3, -0.25) is 24.1 Å². The minimum Gasteiger partial charge on any atom is -0.508 e. The van der Waals surface area contributed by atoms with E-state index in [4.69, 9.17) is 9.47 Å². The number of carbonyl (C=O) groups excluding carboxylic acids is 4. The summed E-state index contributed by atoms with van der Waals surface area (Å²) in [6.45, 7) is 7.90. The fourth-order valence-corrected chi connectivity index (χ4v) is 5.19. The van der Waals surface area contributed by atoms with Crippen molar-refractivity contribution in [2.75, 3.05) is 39.5 Å². The van der Waals surface area contributed by atoms with Crippen molar-refractivity contribution in [3.63, 3.8) is 0 Å². The molecule has 2 fully saturated rings. The van der Waals surface area contributed by atoms with E-state index in [2.05, 4.69) is 22.0 Å². The highest BCUT2D eigenvalue weighted by molar-refractivity contribution is 5.98. The van der Waals surface area contributed by atoms with Gasteiger partial charge in [0.15, 0.2) is 5.78 Å². The first-order chi connectivity index (χ1) is 19.5. The summed E-state index contributed by atoms with van der Waals surface area (Å²) in [5.74, 6) is -1.37. The summed E-state index contributed by atoms with van der Waals surface area (Å²) in [6, 6.07) is 2.28. The summed E-state index contributed by atoms with van der Waals surface area (Å²) in [7, 11) is 0. The van der Waals surface area contributed by atoms with Crippen LogP contribution < -0.4 is 16.0 Å². The van der Waals surface area contributed by atoms with Gasteiger partial charge in [0, 0.05) is 19.5 Å². The van der Waals surface area contributed by atoms with Crippen LogP contribution in [-0.4, -0.2) is 96.7 Å². The molecule has 224 valence electrons. The third kappa shape index (κ3) is 8.61. The number of aryl methyl sites for hydroxylation is 1. The number of amides is 3. The predicted octanol–water partition coefficient (Wildman–Crippen LogP) is 0.908. The summed E-state index contributed by atoms with van der Waals surface area (Å²) in [4.78, 5) is 54.7. The molecular weight excluding hydrogens is 528 g/mol. The highest BCUT2D eigenvalue weighted by Gasteiger charge is 2.50. The molecule has 0 saturated carbocycles. The van der Waals surface area contributed by atoms with Crippen LogP contribution in [-0.2, 0) is 35.1 Å². The van der Waals surface area contributed by atoms with Crippen LogP contribution in [0.1, 0.15) is 50.7 Å². The number of rotatable bonds is 13. The number of Topliss-reactive ketones (excluding diaryl/α,β-unsaturated/α-hetero) is 1. The summed E-state index contributed by atoms with van der Waals surface area (Å²) < 4.78 is 10.7. The Morgan fingerprint density at radius 2 is 1.76 bits per heavy atom. The largest absolute Gasteiger partial charge is 0.508 e. The smallest absolute Gasteiger partial charge is 0.243 e. The fraction of sp³-hybridized carbons (Fsp3) is 0.600. The first kappa shape index (κ1) is 30.7. The van der Waals surface area contributed by atoms with Gasteiger partial charge < -0.3 is 30.5 Å². The van der Waals surface area contributed by atoms with Crippen LogP contribution in [0.25, 0.3) is 0 Å². The third-order valence-electron chi connectivity index (χ3n) is 7.91. The van der Waals surface area contributed by atoms with E-state index in [1.807, 2.05) is 4.90 Å². The van der Waals surface area contributed by atoms with Gasteiger partial charge in [-0.05, 0) is 63.6 Å². The molecule has 41 heavy (non-hydrogen) atoms. The maximum absolute atomic E-state index is 13.7. The van der Waals surface area contributed by atoms with Gasteiger partial charge in [-0.15, -0.1) is 0 Å². The number of phenols is 1. The minimum atomic E-state index is -1.02. The van der Waals surface area contributed by atoms with Crippen molar-refractivity contribution in [2.45, 2.75) is 76.6 Å². The van der Waals surface area contributed by atoms with Crippen molar-refractivity contribution >= 4 is 23.5 Å². The number of epoxide rings is 1. The number of hydrogen-bond donors (Lipinski definition) is 4. The molecule has 3 aliphatic rings. The number of carbonyl (C=O) groups is 4. The Morgan fingerprint density at radius 1 is 1.05 bits per heavy atom. The van der Waals surface area contributed by atoms with E-state index < -0.39 is 35.5 Å². The molecule has 0 bridgehead atoms. The normalized spacial score (nSPS) is 22.7. The quantitative estimate of drug-likeness (QED) is 0.202. The van der Waals surface area contributed by atoms with Crippen molar-refractivity contribution in [3.8, 4) is 5.75 Å². The topological polar surface area (TPSA) is 150 Å². The van der Waals surface area contributed by atoms with Crippen LogP contribution in [0.15, 0.2) is 29.8 Å². The standard InChI is InChI=1S/C30H42N4O7/c1-19-14-22(8-9-25(19)35)16-24(33-28(38)20(2)31-26(36)17-34-10-12-40-13-11-34)29(39)32-23(15-21-6-4-5-7-21)27(37)30(3)18-41-30/h6,8-9,14,20,23-24,35H,4-5,7,10-13,15-18H2,1-3H3,(H,31,36)(H,32,39)(H,33,38). The summed E-state index contributed by atoms with van der Waals surface area (Å²) in [5, 5.41) is 18.3. The number of benzene rings is 1. The number of morpholine rings is 1. The van der Waals surface area contributed by atoms with Gasteiger partial charge in [-0.2, -0.15) is 0 Å². The van der Waals surface area contributed by atoms with E-state index in [-0.39, 0.29) is 30.4 Å². The number of allylic oxidation sites excluding steroid dienone is 1. The molecule has 4 atom stereocenters. The van der Waals surface area contributed by atoms with Gasteiger partial charge in [-0.25, -0.2) is 0 Å². The third-order valence-corrected chi connectivity index (χ3v) is 7.91. The molecule has 2 aliphatic heterocycles. The summed E-state index contributed by atoms with van der Waals surface area (Å²) in [5.41, 5.74) is 1.57. The lowest BCUT2D eigenvalue weighted by Gasteiger charge is -2.27. The van der Waals surface area contributed by atoms with E-state index in [1.54, 1.807) is 39.0 Å². The predicted molar refractivity (Wildman–Crippen MR) is 151 cm³/mol. The SMILES string of the molecule is Cc1cc(CC(NC(=O)C(C)NC(=O)CN2CCOCC2)C(=O)NC(CC2=CCCC2)C(=O)C2(C)CO2)ccc1O. The molecule has 1 aliphatic carbocycles. The van der Waals surface area contributed by atoms with Crippen LogP contribution in [0.5, 0.6) is 5.75 Å². The number of nitrogens with one attached hydrogen (secondary N) is 3. The molecule has 0 radical (unpaired) electrons. The molecule has 0 aromatic heterocycles. The van der Waals surface area contributed by atoms with E-state index in [9.17, 15) is 24.3 Å². The summed E-state index contributed by atoms with van der Waals surface area (Å²) >= 11 is 0. The van der Waals surface area contributed by atoms with E-state index in [0.717, 1.165) is 30.4 Å². The average Bonchev–Trinajstić information content (AvgIpc) is 3.48. The number of nitrogens with zero attached hydrogens (tertiary/aromatic N) is 1. The van der Waals surface area contributed by atoms with Crippen LogP contribution in [0.4, 0.5) is 0 Å². The molecule has 11 nitrogen and oxygen atoms in total. The average molecular weight is 571 g/mol. The lowest BCUT2D eigenvalue weighted by atomic mass is 9.93. The van der Waals surface area contributed by atoms with Gasteiger partial charge in [0.25, 0.3) is 0 Å². The van der Waals surface area contributed by atoms with E-state index in [0.29, 0.717) is 44.9 Å². The zero-order valence-electron chi connectivity index (χ0n) is 24.2. The van der Waals surface area contributed by atoms with Gasteiger partial charge in [0.1, 0.15) is 23.4 Å². The first-order valence-electron chi connectivity index (χ1n) is 14.4. The Hall–Kier alpha value is -3.28. The Bertz CT molecular complexity index is 1170.